The predicted octanol–water partition coefficient (Wildman–Crippen LogP) is 1.37. The van der Waals surface area contributed by atoms with Crippen LogP contribution in [0.25, 0.3) is 22.7 Å². The molecule has 3 N–H and O–H groups in total. The summed E-state index contributed by atoms with van der Waals surface area (Å²) in [6.07, 6.45) is 1.40. The summed E-state index contributed by atoms with van der Waals surface area (Å²) in [7, 11) is 0. The molecule has 0 bridgehead atoms. The Morgan fingerprint density at radius 2 is 2.19 bits per heavy atom. The zero-order valence-corrected chi connectivity index (χ0v) is 9.25. The molecule has 0 atom stereocenters. The number of hydrogen-bond acceptors (Lipinski definition) is 6. The number of imidazole rings is 1. The fraction of sp³-hybridized carbons (Fsp3) is 0.111. The van der Waals surface area contributed by atoms with Crippen molar-refractivity contribution in [3.8, 4) is 11.5 Å². The number of nitrogens with one attached hydrogen (secondary N) is 1. The number of H-pyrrole nitrogens is 1. The highest BCUT2D eigenvalue weighted by Gasteiger charge is 2.10. The van der Waals surface area contributed by atoms with Crippen LogP contribution in [0.3, 0.4) is 0 Å². The number of fused-ring (bicyclic) bond motifs is 1. The van der Waals surface area contributed by atoms with Gasteiger partial charge in [0.1, 0.15) is 17.5 Å². The van der Waals surface area contributed by atoms with Gasteiger partial charge in [0.05, 0.1) is 5.01 Å². The molecule has 16 heavy (non-hydrogen) atoms. The van der Waals surface area contributed by atoms with Crippen LogP contribution in [0.4, 0.5) is 5.82 Å². The molecule has 3 aromatic rings. The number of aryl methyl sites for hydroxylation is 1. The molecule has 0 aliphatic carbocycles. The molecule has 0 amide bonds. The first-order valence-electron chi connectivity index (χ1n) is 4.63. The molecular formula is C9H8N6S. The van der Waals surface area contributed by atoms with Crippen molar-refractivity contribution >= 4 is 28.3 Å². The van der Waals surface area contributed by atoms with E-state index in [0.29, 0.717) is 22.8 Å². The lowest BCUT2D eigenvalue weighted by atomic mass is 10.5. The second-order valence-electron chi connectivity index (χ2n) is 3.29. The number of nitrogen functional groups attached to an aromatic ring is 1. The zero-order chi connectivity index (χ0) is 11.1. The maximum atomic E-state index is 5.71. The van der Waals surface area contributed by atoms with Crippen molar-refractivity contribution in [2.24, 2.45) is 0 Å². The largest absolute Gasteiger partial charge is 0.382 e. The van der Waals surface area contributed by atoms with Crippen molar-refractivity contribution in [2.45, 2.75) is 6.92 Å². The second kappa shape index (κ2) is 3.24. The van der Waals surface area contributed by atoms with Crippen LogP contribution in [0.5, 0.6) is 0 Å². The summed E-state index contributed by atoms with van der Waals surface area (Å²) in [6.45, 7) is 1.95. The van der Waals surface area contributed by atoms with E-state index >= 15 is 0 Å². The van der Waals surface area contributed by atoms with E-state index in [1.807, 2.05) is 12.3 Å². The van der Waals surface area contributed by atoms with Gasteiger partial charge in [0.15, 0.2) is 17.3 Å². The van der Waals surface area contributed by atoms with Crippen LogP contribution in [-0.4, -0.2) is 24.9 Å². The Labute approximate surface area is 94.6 Å². The summed E-state index contributed by atoms with van der Waals surface area (Å²) >= 11 is 1.57. The number of aromatic amines is 1. The number of hydrogen-bond donors (Lipinski definition) is 2. The molecule has 0 spiro atoms. The molecule has 0 saturated heterocycles. The van der Waals surface area contributed by atoms with Gasteiger partial charge >= 0.3 is 0 Å². The van der Waals surface area contributed by atoms with Gasteiger partial charge in [-0.25, -0.2) is 19.9 Å². The highest BCUT2D eigenvalue weighted by molar-refractivity contribution is 7.09. The van der Waals surface area contributed by atoms with Crippen molar-refractivity contribution in [3.63, 3.8) is 0 Å². The van der Waals surface area contributed by atoms with Crippen LogP contribution < -0.4 is 5.73 Å². The third-order valence-corrected chi connectivity index (χ3v) is 2.95. The highest BCUT2D eigenvalue weighted by Crippen LogP contribution is 2.22. The molecule has 0 aliphatic rings. The quantitative estimate of drug-likeness (QED) is 0.660. The molecule has 0 fully saturated rings. The number of nitrogens with two attached hydrogens (primary N) is 1. The van der Waals surface area contributed by atoms with E-state index in [1.54, 1.807) is 11.3 Å². The van der Waals surface area contributed by atoms with Gasteiger partial charge in [-0.3, -0.25) is 0 Å². The van der Waals surface area contributed by atoms with E-state index < -0.39 is 0 Å². The van der Waals surface area contributed by atoms with Gasteiger partial charge in [-0.05, 0) is 6.92 Å². The molecule has 0 unspecified atom stereocenters. The lowest BCUT2D eigenvalue weighted by molar-refractivity contribution is 1.20. The minimum absolute atomic E-state index is 0.399. The molecule has 3 aromatic heterocycles. The van der Waals surface area contributed by atoms with E-state index in [1.165, 1.54) is 6.33 Å². The van der Waals surface area contributed by atoms with E-state index in [-0.39, 0.29) is 0 Å². The summed E-state index contributed by atoms with van der Waals surface area (Å²) in [5, 5.41) is 2.94. The third kappa shape index (κ3) is 1.33. The first kappa shape index (κ1) is 9.22. The second-order valence-corrected chi connectivity index (χ2v) is 4.36. The molecule has 0 aliphatic heterocycles. The smallest absolute Gasteiger partial charge is 0.183 e. The van der Waals surface area contributed by atoms with Crippen molar-refractivity contribution in [3.05, 3.63) is 16.7 Å². The molecule has 0 radical (unpaired) electrons. The van der Waals surface area contributed by atoms with Crippen LogP contribution in [0.2, 0.25) is 0 Å². The molecule has 6 nitrogen and oxygen atoms in total. The summed E-state index contributed by atoms with van der Waals surface area (Å²) in [5.74, 6) is 1.07. The molecule has 0 saturated carbocycles. The number of rotatable bonds is 1. The Balaban J connectivity index is 2.22. The minimum Gasteiger partial charge on any atom is -0.382 e. The van der Waals surface area contributed by atoms with E-state index in [2.05, 4.69) is 24.9 Å². The lowest BCUT2D eigenvalue weighted by Gasteiger charge is -1.89. The monoisotopic (exact) mass is 232 g/mol. The van der Waals surface area contributed by atoms with Gasteiger partial charge in [-0.2, -0.15) is 0 Å². The topological polar surface area (TPSA) is 93.4 Å². The summed E-state index contributed by atoms with van der Waals surface area (Å²) in [5.41, 5.74) is 7.74. The van der Waals surface area contributed by atoms with Crippen LogP contribution in [0.1, 0.15) is 5.01 Å². The lowest BCUT2D eigenvalue weighted by Crippen LogP contribution is -1.91. The standard InChI is InChI=1S/C9H8N6S/c1-4-13-5(2-16-4)8-14-6-7(10)11-3-12-9(6)15-8/h2-3H,1H3,(H3,10,11,12,14,15). The molecular weight excluding hydrogens is 224 g/mol. The first-order chi connectivity index (χ1) is 7.74. The Bertz CT molecular complexity index is 655. The van der Waals surface area contributed by atoms with Gasteiger partial charge in [0.25, 0.3) is 0 Å². The summed E-state index contributed by atoms with van der Waals surface area (Å²) in [4.78, 5) is 19.7. The molecule has 3 rings (SSSR count). The van der Waals surface area contributed by atoms with Crippen LogP contribution >= 0.6 is 11.3 Å². The van der Waals surface area contributed by atoms with E-state index in [4.69, 9.17) is 5.73 Å². The maximum absolute atomic E-state index is 5.71. The molecule has 80 valence electrons. The van der Waals surface area contributed by atoms with Crippen LogP contribution in [0.15, 0.2) is 11.7 Å². The number of thiazole rings is 1. The average molecular weight is 232 g/mol. The average Bonchev–Trinajstić information content (AvgIpc) is 2.84. The van der Waals surface area contributed by atoms with Crippen molar-refractivity contribution in [2.75, 3.05) is 5.73 Å². The normalized spacial score (nSPS) is 11.1. The SMILES string of the molecule is Cc1nc(-c2nc3ncnc(N)c3[nH]2)cs1. The highest BCUT2D eigenvalue weighted by atomic mass is 32.1. The summed E-state index contributed by atoms with van der Waals surface area (Å²) < 4.78 is 0. The van der Waals surface area contributed by atoms with Gasteiger partial charge in [-0.1, -0.05) is 0 Å². The predicted molar refractivity (Wildman–Crippen MR) is 61.9 cm³/mol. The maximum Gasteiger partial charge on any atom is 0.183 e. The third-order valence-electron chi connectivity index (χ3n) is 2.18. The van der Waals surface area contributed by atoms with Gasteiger partial charge in [-0.15, -0.1) is 11.3 Å². The van der Waals surface area contributed by atoms with Crippen LogP contribution in [0, 0.1) is 6.92 Å². The van der Waals surface area contributed by atoms with Crippen molar-refractivity contribution in [1.82, 2.24) is 24.9 Å². The van der Waals surface area contributed by atoms with E-state index in [9.17, 15) is 0 Å². The first-order valence-corrected chi connectivity index (χ1v) is 5.50. The Hall–Kier alpha value is -2.02. The number of nitrogens with zero attached hydrogens (tertiary/aromatic N) is 4. The summed E-state index contributed by atoms with van der Waals surface area (Å²) in [6, 6.07) is 0. The van der Waals surface area contributed by atoms with Crippen molar-refractivity contribution in [1.29, 1.82) is 0 Å². The molecule has 7 heteroatoms. The van der Waals surface area contributed by atoms with Gasteiger partial charge in [0.2, 0.25) is 0 Å². The van der Waals surface area contributed by atoms with Gasteiger partial charge in [0, 0.05) is 5.38 Å². The fourth-order valence-electron chi connectivity index (χ4n) is 1.44. The number of aromatic nitrogens is 5. The number of anilines is 1. The van der Waals surface area contributed by atoms with Crippen molar-refractivity contribution < 1.29 is 0 Å². The Morgan fingerprint density at radius 1 is 1.31 bits per heavy atom. The molecule has 3 heterocycles. The molecule has 0 aromatic carbocycles. The zero-order valence-electron chi connectivity index (χ0n) is 8.43. The Kier molecular flexibility index (Phi) is 1.87. The van der Waals surface area contributed by atoms with Crippen LogP contribution in [-0.2, 0) is 0 Å². The van der Waals surface area contributed by atoms with E-state index in [0.717, 1.165) is 10.7 Å². The Morgan fingerprint density at radius 3 is 2.88 bits per heavy atom. The van der Waals surface area contributed by atoms with Gasteiger partial charge < -0.3 is 10.7 Å². The fourth-order valence-corrected chi connectivity index (χ4v) is 2.04. The minimum atomic E-state index is 0.399.